The summed E-state index contributed by atoms with van der Waals surface area (Å²) in [6, 6.07) is 4.13. The Morgan fingerprint density at radius 1 is 1.40 bits per heavy atom. The first-order valence-electron chi connectivity index (χ1n) is 6.79. The zero-order valence-corrected chi connectivity index (χ0v) is 14.0. The predicted molar refractivity (Wildman–Crippen MR) is 80.5 cm³/mol. The molecule has 2 rings (SSSR count). The van der Waals surface area contributed by atoms with Gasteiger partial charge in [-0.25, -0.2) is 12.8 Å². The van der Waals surface area contributed by atoms with Crippen LogP contribution in [0.4, 0.5) is 4.39 Å². The highest BCUT2D eigenvalue weighted by molar-refractivity contribution is 9.10. The average Bonchev–Trinajstić information content (AvgIpc) is 3.12. The Hall–Kier alpha value is -0.460. The Kier molecular flexibility index (Phi) is 4.87. The molecule has 1 aromatic carbocycles. The first-order chi connectivity index (χ1) is 9.32. The summed E-state index contributed by atoms with van der Waals surface area (Å²) in [4.78, 5) is -0.226. The molecule has 0 aliphatic heterocycles. The van der Waals surface area contributed by atoms with Gasteiger partial charge in [-0.1, -0.05) is 29.8 Å². The fourth-order valence-electron chi connectivity index (χ4n) is 2.06. The van der Waals surface area contributed by atoms with Crippen LogP contribution in [0.3, 0.4) is 0 Å². The summed E-state index contributed by atoms with van der Waals surface area (Å²) < 4.78 is 41.2. The van der Waals surface area contributed by atoms with Crippen molar-refractivity contribution in [3.8, 4) is 0 Å². The summed E-state index contributed by atoms with van der Waals surface area (Å²) in [5.41, 5.74) is 0. The van der Waals surface area contributed by atoms with Crippen molar-refractivity contribution in [2.75, 3.05) is 6.54 Å². The summed E-state index contributed by atoms with van der Waals surface area (Å²) >= 11 is 3.14. The van der Waals surface area contributed by atoms with Gasteiger partial charge in [0.1, 0.15) is 10.7 Å². The monoisotopic (exact) mass is 363 g/mol. The van der Waals surface area contributed by atoms with Crippen molar-refractivity contribution in [3.05, 3.63) is 28.5 Å². The molecule has 1 fully saturated rings. The Morgan fingerprint density at radius 2 is 2.05 bits per heavy atom. The van der Waals surface area contributed by atoms with Crippen LogP contribution < -0.4 is 0 Å². The summed E-state index contributed by atoms with van der Waals surface area (Å²) in [6.07, 6.45) is 2.53. The van der Waals surface area contributed by atoms with E-state index in [0.717, 1.165) is 19.3 Å². The van der Waals surface area contributed by atoms with Crippen molar-refractivity contribution in [3.63, 3.8) is 0 Å². The van der Waals surface area contributed by atoms with Crippen LogP contribution in [0.1, 0.15) is 33.1 Å². The molecule has 0 heterocycles. The highest BCUT2D eigenvalue weighted by Crippen LogP contribution is 2.33. The number of nitrogens with zero attached hydrogens (tertiary/aromatic N) is 1. The molecule has 0 radical (unpaired) electrons. The van der Waals surface area contributed by atoms with Crippen LogP contribution in [-0.2, 0) is 10.0 Å². The van der Waals surface area contributed by atoms with Gasteiger partial charge in [0, 0.05) is 17.1 Å². The van der Waals surface area contributed by atoms with E-state index in [0.29, 0.717) is 16.9 Å². The molecule has 1 aromatic rings. The molecule has 1 aliphatic rings. The molecule has 0 amide bonds. The number of sulfonamides is 1. The van der Waals surface area contributed by atoms with Crippen LogP contribution in [0, 0.1) is 11.7 Å². The van der Waals surface area contributed by atoms with Crippen molar-refractivity contribution in [2.45, 2.75) is 44.0 Å². The van der Waals surface area contributed by atoms with E-state index in [1.54, 1.807) is 6.07 Å². The summed E-state index contributed by atoms with van der Waals surface area (Å²) in [5, 5.41) is 0. The SMILES string of the molecule is CC(C)CCN(C1CC1)S(=O)(=O)c1ccc(Br)cc1F. The summed E-state index contributed by atoms with van der Waals surface area (Å²) in [7, 11) is -3.74. The molecule has 0 unspecified atom stereocenters. The largest absolute Gasteiger partial charge is 0.246 e. The minimum absolute atomic E-state index is 0.0433. The highest BCUT2D eigenvalue weighted by Gasteiger charge is 2.38. The lowest BCUT2D eigenvalue weighted by Gasteiger charge is -2.23. The Morgan fingerprint density at radius 3 is 2.55 bits per heavy atom. The van der Waals surface area contributed by atoms with Gasteiger partial charge in [0.25, 0.3) is 0 Å². The molecule has 1 saturated carbocycles. The van der Waals surface area contributed by atoms with Gasteiger partial charge in [-0.2, -0.15) is 4.31 Å². The van der Waals surface area contributed by atoms with E-state index in [9.17, 15) is 12.8 Å². The first-order valence-corrected chi connectivity index (χ1v) is 9.02. The van der Waals surface area contributed by atoms with E-state index in [2.05, 4.69) is 29.8 Å². The Labute approximate surface area is 128 Å². The topological polar surface area (TPSA) is 37.4 Å². The molecule has 6 heteroatoms. The maximum Gasteiger partial charge on any atom is 0.246 e. The number of benzene rings is 1. The van der Waals surface area contributed by atoms with Gasteiger partial charge >= 0.3 is 0 Å². The normalized spacial score (nSPS) is 16.1. The number of hydrogen-bond acceptors (Lipinski definition) is 2. The zero-order valence-electron chi connectivity index (χ0n) is 11.6. The number of halogens is 2. The van der Waals surface area contributed by atoms with Gasteiger partial charge < -0.3 is 0 Å². The first kappa shape index (κ1) is 15.9. The standard InChI is InChI=1S/C14H19BrFNO2S/c1-10(2)7-8-17(12-4-5-12)20(18,19)14-6-3-11(15)9-13(14)16/h3,6,9-10,12H,4-5,7-8H2,1-2H3. The van der Waals surface area contributed by atoms with Crippen molar-refractivity contribution in [1.29, 1.82) is 0 Å². The smallest absolute Gasteiger partial charge is 0.207 e. The van der Waals surface area contributed by atoms with E-state index in [-0.39, 0.29) is 10.9 Å². The predicted octanol–water partition coefficient (Wildman–Crippen LogP) is 3.79. The zero-order chi connectivity index (χ0) is 14.9. The average molecular weight is 364 g/mol. The van der Waals surface area contributed by atoms with Crippen LogP contribution in [0.5, 0.6) is 0 Å². The van der Waals surface area contributed by atoms with E-state index in [4.69, 9.17) is 0 Å². The van der Waals surface area contributed by atoms with Gasteiger partial charge in [0.15, 0.2) is 0 Å². The number of hydrogen-bond donors (Lipinski definition) is 0. The van der Waals surface area contributed by atoms with Gasteiger partial charge in [-0.05, 0) is 43.4 Å². The molecular weight excluding hydrogens is 345 g/mol. The van der Waals surface area contributed by atoms with Crippen molar-refractivity contribution < 1.29 is 12.8 Å². The molecule has 0 saturated heterocycles. The van der Waals surface area contributed by atoms with Crippen molar-refractivity contribution >= 4 is 26.0 Å². The molecule has 0 bridgehead atoms. The quantitative estimate of drug-likeness (QED) is 0.770. The summed E-state index contributed by atoms with van der Waals surface area (Å²) in [6.45, 7) is 4.57. The van der Waals surface area contributed by atoms with Gasteiger partial charge in [-0.15, -0.1) is 0 Å². The molecule has 3 nitrogen and oxygen atoms in total. The summed E-state index contributed by atoms with van der Waals surface area (Å²) in [5.74, 6) is -0.282. The van der Waals surface area contributed by atoms with Gasteiger partial charge in [0.05, 0.1) is 0 Å². The van der Waals surface area contributed by atoms with Crippen LogP contribution >= 0.6 is 15.9 Å². The van der Waals surface area contributed by atoms with Gasteiger partial charge in [-0.3, -0.25) is 0 Å². The van der Waals surface area contributed by atoms with Crippen LogP contribution in [0.15, 0.2) is 27.6 Å². The fourth-order valence-corrected chi connectivity index (χ4v) is 4.14. The van der Waals surface area contributed by atoms with Crippen molar-refractivity contribution in [1.82, 2.24) is 4.31 Å². The fraction of sp³-hybridized carbons (Fsp3) is 0.571. The third-order valence-corrected chi connectivity index (χ3v) is 5.84. The van der Waals surface area contributed by atoms with Crippen LogP contribution in [0.25, 0.3) is 0 Å². The maximum absolute atomic E-state index is 14.0. The molecule has 0 aromatic heterocycles. The Bertz CT molecular complexity index is 585. The minimum Gasteiger partial charge on any atom is -0.207 e. The van der Waals surface area contributed by atoms with E-state index in [1.165, 1.54) is 16.4 Å². The second kappa shape index (κ2) is 6.12. The van der Waals surface area contributed by atoms with E-state index >= 15 is 0 Å². The maximum atomic E-state index is 14.0. The molecule has 1 aliphatic carbocycles. The molecule has 0 spiro atoms. The highest BCUT2D eigenvalue weighted by atomic mass is 79.9. The van der Waals surface area contributed by atoms with Crippen LogP contribution in [-0.4, -0.2) is 25.3 Å². The lowest BCUT2D eigenvalue weighted by atomic mass is 10.1. The van der Waals surface area contributed by atoms with Gasteiger partial charge in [0.2, 0.25) is 10.0 Å². The lowest BCUT2D eigenvalue weighted by Crippen LogP contribution is -2.35. The molecule has 112 valence electrons. The second-order valence-electron chi connectivity index (χ2n) is 5.60. The van der Waals surface area contributed by atoms with Crippen LogP contribution in [0.2, 0.25) is 0 Å². The molecule has 20 heavy (non-hydrogen) atoms. The number of rotatable bonds is 6. The minimum atomic E-state index is -3.74. The van der Waals surface area contributed by atoms with E-state index < -0.39 is 15.8 Å². The van der Waals surface area contributed by atoms with Crippen molar-refractivity contribution in [2.24, 2.45) is 5.92 Å². The third-order valence-electron chi connectivity index (χ3n) is 3.36. The third kappa shape index (κ3) is 3.59. The lowest BCUT2D eigenvalue weighted by molar-refractivity contribution is 0.371. The Balaban J connectivity index is 2.30. The van der Waals surface area contributed by atoms with E-state index in [1.807, 2.05) is 0 Å². The molecular formula is C14H19BrFNO2S. The second-order valence-corrected chi connectivity index (χ2v) is 8.38. The molecule has 0 atom stereocenters. The molecule has 0 N–H and O–H groups in total.